The van der Waals surface area contributed by atoms with Gasteiger partial charge < -0.3 is 15.0 Å². The summed E-state index contributed by atoms with van der Waals surface area (Å²) < 4.78 is 5.10. The number of anilines is 1. The highest BCUT2D eigenvalue weighted by Gasteiger charge is 2.27. The van der Waals surface area contributed by atoms with E-state index in [1.54, 1.807) is 20.8 Å². The Balaban J connectivity index is 2.07. The van der Waals surface area contributed by atoms with Crippen molar-refractivity contribution < 1.29 is 24.0 Å². The molecule has 2 rings (SSSR count). The second-order valence-corrected chi connectivity index (χ2v) is 8.87. The Morgan fingerprint density at radius 1 is 1.23 bits per heavy atom. The van der Waals surface area contributed by atoms with Crippen molar-refractivity contribution in [2.45, 2.75) is 59.1 Å². The van der Waals surface area contributed by atoms with Gasteiger partial charge in [-0.15, -0.1) is 0 Å². The standard InChI is InChI=1S/C21H30N4O6/c1-13-8-10-24(11-9-13)16-7-6-15(12-17(16)25(29)30)19(27)31-14(2)18(26)22-20(28)23-21(3,4)5/h6-7,12-14H,8-11H2,1-5H3,(H2,22,23,26,28)/t14-/m0/s1. The van der Waals surface area contributed by atoms with Crippen LogP contribution in [0.25, 0.3) is 0 Å². The van der Waals surface area contributed by atoms with Crippen molar-refractivity contribution in [1.29, 1.82) is 0 Å². The lowest BCUT2D eigenvalue weighted by atomic mass is 9.98. The van der Waals surface area contributed by atoms with E-state index in [0.717, 1.165) is 18.9 Å². The fraction of sp³-hybridized carbons (Fsp3) is 0.571. The number of carbonyl (C=O) groups is 3. The molecule has 1 heterocycles. The van der Waals surface area contributed by atoms with Crippen LogP contribution in [0.2, 0.25) is 0 Å². The molecule has 31 heavy (non-hydrogen) atoms. The van der Waals surface area contributed by atoms with Crippen molar-refractivity contribution in [2.24, 2.45) is 5.92 Å². The summed E-state index contributed by atoms with van der Waals surface area (Å²) in [6.07, 6.45) is 0.618. The fourth-order valence-electron chi connectivity index (χ4n) is 3.18. The van der Waals surface area contributed by atoms with Crippen molar-refractivity contribution in [3.05, 3.63) is 33.9 Å². The van der Waals surface area contributed by atoms with Gasteiger partial charge in [0.25, 0.3) is 11.6 Å². The Labute approximate surface area is 181 Å². The van der Waals surface area contributed by atoms with Crippen LogP contribution in [0.4, 0.5) is 16.2 Å². The molecule has 1 aliphatic rings. The third-order valence-electron chi connectivity index (χ3n) is 4.91. The number of nitro benzene ring substituents is 1. The minimum Gasteiger partial charge on any atom is -0.449 e. The lowest BCUT2D eigenvalue weighted by Gasteiger charge is -2.31. The van der Waals surface area contributed by atoms with Crippen molar-refractivity contribution >= 4 is 29.3 Å². The van der Waals surface area contributed by atoms with E-state index in [1.807, 2.05) is 4.90 Å². The first-order valence-corrected chi connectivity index (χ1v) is 10.2. The van der Waals surface area contributed by atoms with E-state index >= 15 is 0 Å². The number of nitrogens with zero attached hydrogens (tertiary/aromatic N) is 2. The predicted molar refractivity (Wildman–Crippen MR) is 115 cm³/mol. The van der Waals surface area contributed by atoms with Gasteiger partial charge >= 0.3 is 12.0 Å². The number of nitrogens with one attached hydrogen (secondary N) is 2. The first-order chi connectivity index (χ1) is 14.4. The molecule has 1 fully saturated rings. The molecular formula is C21H30N4O6. The third kappa shape index (κ3) is 6.94. The molecule has 1 aromatic carbocycles. The monoisotopic (exact) mass is 434 g/mol. The second kappa shape index (κ2) is 9.76. The summed E-state index contributed by atoms with van der Waals surface area (Å²) in [6.45, 7) is 10.1. The molecule has 1 aromatic rings. The maximum Gasteiger partial charge on any atom is 0.339 e. The SMILES string of the molecule is CC1CCN(c2ccc(C(=O)O[C@@H](C)C(=O)NC(=O)NC(C)(C)C)cc2[N+](=O)[O-])CC1. The van der Waals surface area contributed by atoms with E-state index in [0.29, 0.717) is 24.7 Å². The Morgan fingerprint density at radius 2 is 1.84 bits per heavy atom. The van der Waals surface area contributed by atoms with Crippen LogP contribution in [-0.2, 0) is 9.53 Å². The number of hydrogen-bond donors (Lipinski definition) is 2. The number of esters is 1. The number of nitro groups is 1. The van der Waals surface area contributed by atoms with Gasteiger partial charge in [0.05, 0.1) is 10.5 Å². The van der Waals surface area contributed by atoms with Crippen molar-refractivity contribution in [2.75, 3.05) is 18.0 Å². The Morgan fingerprint density at radius 3 is 2.39 bits per heavy atom. The highest BCUT2D eigenvalue weighted by Crippen LogP contribution is 2.32. The van der Waals surface area contributed by atoms with Gasteiger partial charge in [0.15, 0.2) is 6.10 Å². The first kappa shape index (κ1) is 24.1. The third-order valence-corrected chi connectivity index (χ3v) is 4.91. The molecule has 0 aliphatic carbocycles. The molecule has 0 saturated carbocycles. The number of urea groups is 1. The number of imide groups is 1. The van der Waals surface area contributed by atoms with Gasteiger partial charge in [0, 0.05) is 24.7 Å². The number of benzene rings is 1. The van der Waals surface area contributed by atoms with Crippen LogP contribution in [0.1, 0.15) is 57.8 Å². The zero-order valence-electron chi connectivity index (χ0n) is 18.6. The van der Waals surface area contributed by atoms with Crippen molar-refractivity contribution in [3.8, 4) is 0 Å². The number of piperidine rings is 1. The molecule has 3 amide bonds. The van der Waals surface area contributed by atoms with Crippen molar-refractivity contribution in [1.82, 2.24) is 10.6 Å². The van der Waals surface area contributed by atoms with Crippen LogP contribution in [0.3, 0.4) is 0 Å². The second-order valence-electron chi connectivity index (χ2n) is 8.87. The topological polar surface area (TPSA) is 131 Å². The minimum absolute atomic E-state index is 0.0420. The molecule has 0 bridgehead atoms. The van der Waals surface area contributed by atoms with Gasteiger partial charge in [0.2, 0.25) is 0 Å². The maximum absolute atomic E-state index is 12.4. The minimum atomic E-state index is -1.26. The van der Waals surface area contributed by atoms with E-state index in [9.17, 15) is 24.5 Å². The quantitative estimate of drug-likeness (QED) is 0.414. The average Bonchev–Trinajstić information content (AvgIpc) is 2.66. The molecule has 0 radical (unpaired) electrons. The summed E-state index contributed by atoms with van der Waals surface area (Å²) in [5.41, 5.74) is -0.319. The molecular weight excluding hydrogens is 404 g/mol. The summed E-state index contributed by atoms with van der Waals surface area (Å²) in [7, 11) is 0. The van der Waals surface area contributed by atoms with Crippen LogP contribution >= 0.6 is 0 Å². The average molecular weight is 434 g/mol. The normalized spacial score (nSPS) is 15.7. The molecule has 170 valence electrons. The summed E-state index contributed by atoms with van der Waals surface area (Å²) in [6, 6.07) is 3.43. The number of hydrogen-bond acceptors (Lipinski definition) is 7. The zero-order valence-corrected chi connectivity index (χ0v) is 18.6. The van der Waals surface area contributed by atoms with Crippen LogP contribution in [0, 0.1) is 16.0 Å². The number of rotatable bonds is 5. The summed E-state index contributed by atoms with van der Waals surface area (Å²) in [5.74, 6) is -1.12. The van der Waals surface area contributed by atoms with Crippen LogP contribution in [0.15, 0.2) is 18.2 Å². The largest absolute Gasteiger partial charge is 0.449 e. The molecule has 0 aromatic heterocycles. The number of ether oxygens (including phenoxy) is 1. The highest BCUT2D eigenvalue weighted by molar-refractivity contribution is 5.99. The van der Waals surface area contributed by atoms with E-state index < -0.39 is 34.5 Å². The van der Waals surface area contributed by atoms with Gasteiger partial charge in [-0.3, -0.25) is 20.2 Å². The van der Waals surface area contributed by atoms with E-state index in [4.69, 9.17) is 4.74 Å². The Bertz CT molecular complexity index is 856. The van der Waals surface area contributed by atoms with Crippen molar-refractivity contribution in [3.63, 3.8) is 0 Å². The summed E-state index contributed by atoms with van der Waals surface area (Å²) >= 11 is 0. The van der Waals surface area contributed by atoms with Crippen LogP contribution in [0.5, 0.6) is 0 Å². The van der Waals surface area contributed by atoms with E-state index in [1.165, 1.54) is 19.1 Å². The molecule has 1 atom stereocenters. The zero-order chi connectivity index (χ0) is 23.3. The lowest BCUT2D eigenvalue weighted by Crippen LogP contribution is -2.50. The van der Waals surface area contributed by atoms with Crippen LogP contribution < -0.4 is 15.5 Å². The molecule has 0 unspecified atom stereocenters. The Hall–Kier alpha value is -3.17. The molecule has 1 aliphatic heterocycles. The van der Waals surface area contributed by atoms with Gasteiger partial charge in [0.1, 0.15) is 5.69 Å². The van der Waals surface area contributed by atoms with Gasteiger partial charge in [-0.2, -0.15) is 0 Å². The summed E-state index contributed by atoms with van der Waals surface area (Å²) in [5, 5.41) is 16.2. The van der Waals surface area contributed by atoms with Crippen LogP contribution in [-0.4, -0.2) is 47.6 Å². The number of carbonyl (C=O) groups excluding carboxylic acids is 3. The van der Waals surface area contributed by atoms with E-state index in [-0.39, 0.29) is 11.3 Å². The predicted octanol–water partition coefficient (Wildman–Crippen LogP) is 3.00. The lowest BCUT2D eigenvalue weighted by molar-refractivity contribution is -0.384. The molecule has 2 N–H and O–H groups in total. The molecule has 10 heteroatoms. The smallest absolute Gasteiger partial charge is 0.339 e. The fourth-order valence-corrected chi connectivity index (χ4v) is 3.18. The maximum atomic E-state index is 12.4. The summed E-state index contributed by atoms with van der Waals surface area (Å²) in [4.78, 5) is 49.3. The van der Waals surface area contributed by atoms with E-state index in [2.05, 4.69) is 17.6 Å². The highest BCUT2D eigenvalue weighted by atomic mass is 16.6. The molecule has 10 nitrogen and oxygen atoms in total. The number of amides is 3. The van der Waals surface area contributed by atoms with Gasteiger partial charge in [-0.05, 0) is 58.6 Å². The first-order valence-electron chi connectivity index (χ1n) is 10.2. The molecule has 0 spiro atoms. The molecule has 1 saturated heterocycles. The van der Waals surface area contributed by atoms with Gasteiger partial charge in [-0.1, -0.05) is 6.92 Å². The Kier molecular flexibility index (Phi) is 7.59. The van der Waals surface area contributed by atoms with Gasteiger partial charge in [-0.25, -0.2) is 9.59 Å².